The molecule has 0 bridgehead atoms. The molecule has 1 aromatic heterocycles. The van der Waals surface area contributed by atoms with Crippen LogP contribution in [0.15, 0.2) is 54.7 Å². The highest BCUT2D eigenvalue weighted by Crippen LogP contribution is 2.18. The van der Waals surface area contributed by atoms with Gasteiger partial charge in [-0.15, -0.1) is 0 Å². The third kappa shape index (κ3) is 4.32. The summed E-state index contributed by atoms with van der Waals surface area (Å²) in [5.74, 6) is 0.589. The summed E-state index contributed by atoms with van der Waals surface area (Å²) in [6, 6.07) is 16.1. The molecule has 1 aromatic carbocycles. The Morgan fingerprint density at radius 3 is 2.79 bits per heavy atom. The van der Waals surface area contributed by atoms with E-state index in [-0.39, 0.29) is 12.1 Å². The number of amides is 2. The van der Waals surface area contributed by atoms with Crippen LogP contribution in [-0.4, -0.2) is 47.0 Å². The van der Waals surface area contributed by atoms with Crippen LogP contribution in [0.2, 0.25) is 0 Å². The number of anilines is 1. The minimum Gasteiger partial charge on any atom is -0.323 e. The molecule has 0 saturated carbocycles. The molecule has 3 rings (SSSR count). The van der Waals surface area contributed by atoms with E-state index >= 15 is 0 Å². The van der Waals surface area contributed by atoms with Gasteiger partial charge in [-0.1, -0.05) is 36.4 Å². The molecule has 1 N–H and O–H groups in total. The lowest BCUT2D eigenvalue weighted by Gasteiger charge is -2.37. The summed E-state index contributed by atoms with van der Waals surface area (Å²) in [7, 11) is 1.87. The standard InChI is InChI=1S/C19H24N4O/c1-22(19(24)21-18-11-5-6-12-20-18)17-10-7-13-23(15-17)14-16-8-3-2-4-9-16/h2-6,8-9,11-12,17H,7,10,13-15H2,1H3,(H,20,21,24). The fraction of sp³-hybridized carbons (Fsp3) is 0.368. The van der Waals surface area contributed by atoms with Gasteiger partial charge in [0.15, 0.2) is 0 Å². The van der Waals surface area contributed by atoms with Crippen LogP contribution in [0.25, 0.3) is 0 Å². The fourth-order valence-electron chi connectivity index (χ4n) is 3.13. The van der Waals surface area contributed by atoms with E-state index in [1.54, 1.807) is 12.3 Å². The number of carbonyl (C=O) groups is 1. The number of hydrogen-bond acceptors (Lipinski definition) is 3. The molecule has 0 aliphatic carbocycles. The maximum atomic E-state index is 12.4. The number of benzene rings is 1. The predicted octanol–water partition coefficient (Wildman–Crippen LogP) is 3.21. The monoisotopic (exact) mass is 324 g/mol. The van der Waals surface area contributed by atoms with Gasteiger partial charge in [0.25, 0.3) is 0 Å². The molecular formula is C19H24N4O. The van der Waals surface area contributed by atoms with Crippen LogP contribution >= 0.6 is 0 Å². The van der Waals surface area contributed by atoms with Gasteiger partial charge in [-0.05, 0) is 37.1 Å². The van der Waals surface area contributed by atoms with Crippen LogP contribution < -0.4 is 5.32 Å². The molecular weight excluding hydrogens is 300 g/mol. The SMILES string of the molecule is CN(C(=O)Nc1ccccn1)C1CCCN(Cc2ccccc2)C1. The zero-order valence-corrected chi connectivity index (χ0v) is 14.1. The van der Waals surface area contributed by atoms with Crippen molar-refractivity contribution in [1.29, 1.82) is 0 Å². The van der Waals surface area contributed by atoms with Crippen molar-refractivity contribution in [3.63, 3.8) is 0 Å². The number of aromatic nitrogens is 1. The Morgan fingerprint density at radius 2 is 2.04 bits per heavy atom. The van der Waals surface area contributed by atoms with E-state index in [1.165, 1.54) is 5.56 Å². The second-order valence-electron chi connectivity index (χ2n) is 6.27. The number of piperidine rings is 1. The highest BCUT2D eigenvalue weighted by molar-refractivity contribution is 5.88. The van der Waals surface area contributed by atoms with Gasteiger partial charge in [0, 0.05) is 32.4 Å². The molecule has 24 heavy (non-hydrogen) atoms. The van der Waals surface area contributed by atoms with Crippen LogP contribution in [0.3, 0.4) is 0 Å². The first kappa shape index (κ1) is 16.5. The summed E-state index contributed by atoms with van der Waals surface area (Å²) >= 11 is 0. The van der Waals surface area contributed by atoms with Crippen LogP contribution in [0.5, 0.6) is 0 Å². The van der Waals surface area contributed by atoms with Crippen molar-refractivity contribution in [3.8, 4) is 0 Å². The van der Waals surface area contributed by atoms with Crippen molar-refractivity contribution in [2.75, 3.05) is 25.5 Å². The molecule has 5 nitrogen and oxygen atoms in total. The molecule has 1 aliphatic rings. The van der Waals surface area contributed by atoms with E-state index in [2.05, 4.69) is 39.5 Å². The fourth-order valence-corrected chi connectivity index (χ4v) is 3.13. The number of nitrogens with zero attached hydrogens (tertiary/aromatic N) is 3. The van der Waals surface area contributed by atoms with Crippen molar-refractivity contribution < 1.29 is 4.79 Å². The molecule has 1 fully saturated rings. The number of rotatable bonds is 4. The Bertz CT molecular complexity index is 647. The van der Waals surface area contributed by atoms with Crippen molar-refractivity contribution in [3.05, 3.63) is 60.3 Å². The summed E-state index contributed by atoms with van der Waals surface area (Å²) in [6.07, 6.45) is 3.83. The molecule has 1 unspecified atom stereocenters. The smallest absolute Gasteiger partial charge is 0.323 e. The summed E-state index contributed by atoms with van der Waals surface area (Å²) < 4.78 is 0. The van der Waals surface area contributed by atoms with E-state index in [0.717, 1.165) is 32.5 Å². The van der Waals surface area contributed by atoms with Crippen LogP contribution in [-0.2, 0) is 6.54 Å². The average Bonchev–Trinajstić information content (AvgIpc) is 2.63. The first-order valence-electron chi connectivity index (χ1n) is 8.43. The van der Waals surface area contributed by atoms with E-state index < -0.39 is 0 Å². The van der Waals surface area contributed by atoms with Gasteiger partial charge in [-0.25, -0.2) is 9.78 Å². The third-order valence-corrected chi connectivity index (χ3v) is 4.50. The van der Waals surface area contributed by atoms with Gasteiger partial charge in [-0.3, -0.25) is 10.2 Å². The number of pyridine rings is 1. The van der Waals surface area contributed by atoms with Gasteiger partial charge >= 0.3 is 6.03 Å². The molecule has 5 heteroatoms. The molecule has 2 amide bonds. The first-order chi connectivity index (χ1) is 11.7. The van der Waals surface area contributed by atoms with E-state index in [1.807, 2.05) is 30.1 Å². The maximum absolute atomic E-state index is 12.4. The quantitative estimate of drug-likeness (QED) is 0.939. The zero-order chi connectivity index (χ0) is 16.8. The van der Waals surface area contributed by atoms with Crippen LogP contribution in [0.4, 0.5) is 10.6 Å². The van der Waals surface area contributed by atoms with Gasteiger partial charge in [0.1, 0.15) is 5.82 Å². The van der Waals surface area contributed by atoms with E-state index in [0.29, 0.717) is 5.82 Å². The average molecular weight is 324 g/mol. The number of carbonyl (C=O) groups excluding carboxylic acids is 1. The second-order valence-corrected chi connectivity index (χ2v) is 6.27. The summed E-state index contributed by atoms with van der Waals surface area (Å²) in [6.45, 7) is 2.93. The molecule has 126 valence electrons. The molecule has 1 saturated heterocycles. The Labute approximate surface area is 143 Å². The molecule has 1 atom stereocenters. The van der Waals surface area contributed by atoms with Crippen LogP contribution in [0.1, 0.15) is 18.4 Å². The number of nitrogens with one attached hydrogen (secondary N) is 1. The zero-order valence-electron chi connectivity index (χ0n) is 14.1. The summed E-state index contributed by atoms with van der Waals surface area (Å²) in [5.41, 5.74) is 1.32. The van der Waals surface area contributed by atoms with E-state index in [4.69, 9.17) is 0 Å². The molecule has 1 aliphatic heterocycles. The van der Waals surface area contributed by atoms with Crippen molar-refractivity contribution >= 4 is 11.8 Å². The highest BCUT2D eigenvalue weighted by Gasteiger charge is 2.26. The van der Waals surface area contributed by atoms with Gasteiger partial charge in [-0.2, -0.15) is 0 Å². The summed E-state index contributed by atoms with van der Waals surface area (Å²) in [5, 5.41) is 2.86. The third-order valence-electron chi connectivity index (χ3n) is 4.50. The van der Waals surface area contributed by atoms with Gasteiger partial charge in [0.2, 0.25) is 0 Å². The minimum absolute atomic E-state index is 0.0970. The Kier molecular flexibility index (Phi) is 5.43. The molecule has 2 aromatic rings. The number of urea groups is 1. The molecule has 0 radical (unpaired) electrons. The van der Waals surface area contributed by atoms with Crippen molar-refractivity contribution in [1.82, 2.24) is 14.8 Å². The van der Waals surface area contributed by atoms with Crippen LogP contribution in [0, 0.1) is 0 Å². The predicted molar refractivity (Wildman–Crippen MR) is 95.8 cm³/mol. The van der Waals surface area contributed by atoms with E-state index in [9.17, 15) is 4.79 Å². The molecule has 0 spiro atoms. The lowest BCUT2D eigenvalue weighted by molar-refractivity contribution is 0.127. The first-order valence-corrected chi connectivity index (χ1v) is 8.43. The van der Waals surface area contributed by atoms with Gasteiger partial charge in [0.05, 0.1) is 0 Å². The Hall–Kier alpha value is -2.40. The van der Waals surface area contributed by atoms with Crippen molar-refractivity contribution in [2.24, 2.45) is 0 Å². The minimum atomic E-state index is -0.0970. The maximum Gasteiger partial charge on any atom is 0.323 e. The van der Waals surface area contributed by atoms with Crippen molar-refractivity contribution in [2.45, 2.75) is 25.4 Å². The normalized spacial score (nSPS) is 18.1. The highest BCUT2D eigenvalue weighted by atomic mass is 16.2. The largest absolute Gasteiger partial charge is 0.323 e. The van der Waals surface area contributed by atoms with Gasteiger partial charge < -0.3 is 4.90 Å². The Morgan fingerprint density at radius 1 is 1.25 bits per heavy atom. The lowest BCUT2D eigenvalue weighted by atomic mass is 10.0. The number of likely N-dealkylation sites (tertiary alicyclic amines) is 1. The number of hydrogen-bond donors (Lipinski definition) is 1. The summed E-state index contributed by atoms with van der Waals surface area (Å²) in [4.78, 5) is 20.8. The lowest BCUT2D eigenvalue weighted by Crippen LogP contribution is -2.49. The topological polar surface area (TPSA) is 48.5 Å². The second kappa shape index (κ2) is 7.93. The number of likely N-dealkylation sites (N-methyl/N-ethyl adjacent to an activating group) is 1. The Balaban J connectivity index is 1.56. The molecule has 2 heterocycles.